The third kappa shape index (κ3) is 2.20. The molecular formula is C18H22N2O4. The molecule has 6 nitrogen and oxygen atoms in total. The number of carbonyl (C=O) groups is 2. The van der Waals surface area contributed by atoms with Gasteiger partial charge in [0.15, 0.2) is 11.5 Å². The first-order valence-corrected chi connectivity index (χ1v) is 8.39. The number of piperidine rings is 1. The highest BCUT2D eigenvalue weighted by atomic mass is 16.5. The SMILES string of the molecule is COc1cc2c(cc1OC)[C@H]1C[C@@]3(CCN1CC2)CC(=O)NC3=O. The van der Waals surface area contributed by atoms with Crippen LogP contribution >= 0.6 is 0 Å². The summed E-state index contributed by atoms with van der Waals surface area (Å²) in [7, 11) is 3.28. The van der Waals surface area contributed by atoms with E-state index in [0.29, 0.717) is 18.6 Å². The number of hydrogen-bond acceptors (Lipinski definition) is 5. The van der Waals surface area contributed by atoms with Crippen LogP contribution in [-0.2, 0) is 16.0 Å². The third-order valence-electron chi connectivity index (χ3n) is 5.81. The van der Waals surface area contributed by atoms with Crippen LogP contribution in [-0.4, -0.2) is 44.0 Å². The number of benzene rings is 1. The lowest BCUT2D eigenvalue weighted by atomic mass is 9.71. The minimum atomic E-state index is -0.542. The van der Waals surface area contributed by atoms with Gasteiger partial charge in [-0.05, 0) is 49.1 Å². The molecule has 0 radical (unpaired) electrons. The molecule has 0 unspecified atom stereocenters. The summed E-state index contributed by atoms with van der Waals surface area (Å²) < 4.78 is 10.9. The van der Waals surface area contributed by atoms with E-state index in [4.69, 9.17) is 9.47 Å². The van der Waals surface area contributed by atoms with Crippen molar-refractivity contribution in [1.29, 1.82) is 0 Å². The predicted octanol–water partition coefficient (Wildman–Crippen LogP) is 1.43. The second-order valence-electron chi connectivity index (χ2n) is 7.00. The fourth-order valence-corrected chi connectivity index (χ4v) is 4.47. The van der Waals surface area contributed by atoms with Crippen molar-refractivity contribution >= 4 is 11.8 Å². The Morgan fingerprint density at radius 1 is 1.17 bits per heavy atom. The Bertz CT molecular complexity index is 717. The van der Waals surface area contributed by atoms with E-state index < -0.39 is 5.41 Å². The normalized spacial score (nSPS) is 29.2. The summed E-state index contributed by atoms with van der Waals surface area (Å²) in [6, 6.07) is 4.24. The lowest BCUT2D eigenvalue weighted by Gasteiger charge is -2.46. The first-order chi connectivity index (χ1) is 11.6. The van der Waals surface area contributed by atoms with Crippen molar-refractivity contribution in [3.05, 3.63) is 23.3 Å². The van der Waals surface area contributed by atoms with Crippen molar-refractivity contribution in [2.45, 2.75) is 31.7 Å². The lowest BCUT2D eigenvalue weighted by Crippen LogP contribution is -2.48. The zero-order valence-electron chi connectivity index (χ0n) is 14.1. The zero-order valence-corrected chi connectivity index (χ0v) is 14.1. The van der Waals surface area contributed by atoms with Gasteiger partial charge in [-0.2, -0.15) is 0 Å². The fraction of sp³-hybridized carbons (Fsp3) is 0.556. The molecule has 3 aliphatic heterocycles. The first kappa shape index (κ1) is 15.4. The minimum absolute atomic E-state index is 0.0975. The van der Waals surface area contributed by atoms with Crippen molar-refractivity contribution in [3.8, 4) is 11.5 Å². The number of fused-ring (bicyclic) bond motifs is 3. The zero-order chi connectivity index (χ0) is 16.9. The molecule has 3 aliphatic rings. The third-order valence-corrected chi connectivity index (χ3v) is 5.81. The quantitative estimate of drug-likeness (QED) is 0.831. The Hall–Kier alpha value is -2.08. The number of nitrogens with one attached hydrogen (secondary N) is 1. The lowest BCUT2D eigenvalue weighted by molar-refractivity contribution is -0.131. The summed E-state index contributed by atoms with van der Waals surface area (Å²) in [4.78, 5) is 26.5. The van der Waals surface area contributed by atoms with E-state index in [9.17, 15) is 9.59 Å². The van der Waals surface area contributed by atoms with Gasteiger partial charge in [-0.1, -0.05) is 0 Å². The van der Waals surface area contributed by atoms with Gasteiger partial charge in [-0.25, -0.2) is 0 Å². The van der Waals surface area contributed by atoms with E-state index in [1.807, 2.05) is 12.1 Å². The Morgan fingerprint density at radius 2 is 1.92 bits per heavy atom. The van der Waals surface area contributed by atoms with Crippen molar-refractivity contribution in [3.63, 3.8) is 0 Å². The highest BCUT2D eigenvalue weighted by molar-refractivity contribution is 6.05. The molecule has 1 N–H and O–H groups in total. The van der Waals surface area contributed by atoms with Gasteiger partial charge in [0, 0.05) is 19.0 Å². The largest absolute Gasteiger partial charge is 0.493 e. The molecule has 1 spiro atoms. The van der Waals surface area contributed by atoms with E-state index in [-0.39, 0.29) is 17.9 Å². The molecule has 1 aromatic carbocycles. The average molecular weight is 330 g/mol. The van der Waals surface area contributed by atoms with Crippen molar-refractivity contribution in [2.75, 3.05) is 27.3 Å². The molecule has 2 amide bonds. The van der Waals surface area contributed by atoms with Crippen LogP contribution in [0.5, 0.6) is 11.5 Å². The first-order valence-electron chi connectivity index (χ1n) is 8.39. The van der Waals surface area contributed by atoms with Crippen LogP contribution in [0.1, 0.15) is 36.4 Å². The van der Waals surface area contributed by atoms with Crippen molar-refractivity contribution < 1.29 is 19.1 Å². The van der Waals surface area contributed by atoms with Gasteiger partial charge in [-0.3, -0.25) is 19.8 Å². The van der Waals surface area contributed by atoms with Crippen LogP contribution in [0.2, 0.25) is 0 Å². The predicted molar refractivity (Wildman–Crippen MR) is 87.0 cm³/mol. The van der Waals surface area contributed by atoms with Crippen LogP contribution in [0.15, 0.2) is 12.1 Å². The molecule has 4 rings (SSSR count). The Balaban J connectivity index is 1.73. The van der Waals surface area contributed by atoms with Crippen LogP contribution in [0.3, 0.4) is 0 Å². The number of hydrogen-bond donors (Lipinski definition) is 1. The van der Waals surface area contributed by atoms with Gasteiger partial charge < -0.3 is 9.47 Å². The Morgan fingerprint density at radius 3 is 2.58 bits per heavy atom. The number of carbonyl (C=O) groups excluding carboxylic acids is 2. The van der Waals surface area contributed by atoms with E-state index in [2.05, 4.69) is 10.2 Å². The molecule has 2 fully saturated rings. The number of nitrogens with zero attached hydrogens (tertiary/aromatic N) is 1. The van der Waals surface area contributed by atoms with Gasteiger partial charge in [-0.15, -0.1) is 0 Å². The van der Waals surface area contributed by atoms with E-state index in [1.165, 1.54) is 11.1 Å². The van der Waals surface area contributed by atoms with E-state index in [0.717, 1.165) is 31.7 Å². The van der Waals surface area contributed by atoms with Gasteiger partial charge in [0.25, 0.3) is 0 Å². The Kier molecular flexibility index (Phi) is 3.53. The minimum Gasteiger partial charge on any atom is -0.493 e. The highest BCUT2D eigenvalue weighted by Gasteiger charge is 2.52. The van der Waals surface area contributed by atoms with Gasteiger partial charge in [0.2, 0.25) is 11.8 Å². The molecule has 0 bridgehead atoms. The second-order valence-corrected chi connectivity index (χ2v) is 7.00. The molecule has 2 atom stereocenters. The highest BCUT2D eigenvalue weighted by Crippen LogP contribution is 2.49. The van der Waals surface area contributed by atoms with Gasteiger partial charge in [0.05, 0.1) is 19.6 Å². The smallest absolute Gasteiger partial charge is 0.233 e. The molecule has 0 saturated carbocycles. The number of ether oxygens (including phenoxy) is 2. The van der Waals surface area contributed by atoms with Crippen LogP contribution < -0.4 is 14.8 Å². The van der Waals surface area contributed by atoms with Gasteiger partial charge in [0.1, 0.15) is 0 Å². The summed E-state index contributed by atoms with van der Waals surface area (Å²) >= 11 is 0. The summed E-state index contributed by atoms with van der Waals surface area (Å²) in [6.07, 6.45) is 2.72. The standard InChI is InChI=1S/C18H22N2O4/c1-23-14-7-11-3-5-20-6-4-18(10-16(21)19-17(18)22)9-13(20)12(11)8-15(14)24-2/h7-8,13H,3-6,9-10H2,1-2H3,(H,19,21,22)/t13-,18+/m1/s1. The second kappa shape index (κ2) is 5.48. The number of rotatable bonds is 2. The van der Waals surface area contributed by atoms with Crippen molar-refractivity contribution in [1.82, 2.24) is 10.2 Å². The molecule has 128 valence electrons. The maximum absolute atomic E-state index is 12.4. The molecule has 2 saturated heterocycles. The van der Waals surface area contributed by atoms with E-state index in [1.54, 1.807) is 14.2 Å². The molecular weight excluding hydrogens is 308 g/mol. The fourth-order valence-electron chi connectivity index (χ4n) is 4.47. The van der Waals surface area contributed by atoms with Crippen LogP contribution in [0.25, 0.3) is 0 Å². The summed E-state index contributed by atoms with van der Waals surface area (Å²) in [5, 5.41) is 2.50. The maximum Gasteiger partial charge on any atom is 0.233 e. The molecule has 0 aromatic heterocycles. The molecule has 1 aromatic rings. The van der Waals surface area contributed by atoms with Crippen LogP contribution in [0.4, 0.5) is 0 Å². The number of imide groups is 1. The van der Waals surface area contributed by atoms with Gasteiger partial charge >= 0.3 is 0 Å². The Labute approximate surface area is 141 Å². The van der Waals surface area contributed by atoms with Crippen LogP contribution in [0, 0.1) is 5.41 Å². The molecule has 24 heavy (non-hydrogen) atoms. The number of amides is 2. The maximum atomic E-state index is 12.4. The monoisotopic (exact) mass is 330 g/mol. The average Bonchev–Trinajstić information content (AvgIpc) is 2.86. The molecule has 0 aliphatic carbocycles. The van der Waals surface area contributed by atoms with E-state index >= 15 is 0 Å². The molecule has 3 heterocycles. The number of methoxy groups -OCH3 is 2. The molecule has 6 heteroatoms. The summed E-state index contributed by atoms with van der Waals surface area (Å²) in [5.74, 6) is 1.21. The summed E-state index contributed by atoms with van der Waals surface area (Å²) in [5.41, 5.74) is 1.90. The summed E-state index contributed by atoms with van der Waals surface area (Å²) in [6.45, 7) is 1.82. The topological polar surface area (TPSA) is 67.9 Å². The van der Waals surface area contributed by atoms with Crippen molar-refractivity contribution in [2.24, 2.45) is 5.41 Å².